The van der Waals surface area contributed by atoms with Gasteiger partial charge in [0.1, 0.15) is 0 Å². The number of nitrogens with zero attached hydrogens (tertiary/aromatic N) is 1. The van der Waals surface area contributed by atoms with Crippen molar-refractivity contribution in [1.29, 1.82) is 0 Å². The van der Waals surface area contributed by atoms with E-state index in [0.29, 0.717) is 18.0 Å². The molecule has 0 radical (unpaired) electrons. The van der Waals surface area contributed by atoms with Crippen LogP contribution in [0.15, 0.2) is 0 Å². The third kappa shape index (κ3) is 3.03. The maximum Gasteiger partial charge on any atom is 0.225 e. The summed E-state index contributed by atoms with van der Waals surface area (Å²) < 4.78 is 0. The molecule has 1 unspecified atom stereocenters. The first-order valence-corrected chi connectivity index (χ1v) is 8.82. The molecule has 1 amide bonds. The molecule has 0 aromatic heterocycles. The first-order valence-electron chi connectivity index (χ1n) is 8.82. The van der Waals surface area contributed by atoms with Gasteiger partial charge in [-0.25, -0.2) is 0 Å². The van der Waals surface area contributed by atoms with Crippen molar-refractivity contribution >= 4 is 5.91 Å². The van der Waals surface area contributed by atoms with Gasteiger partial charge in [0, 0.05) is 24.5 Å². The van der Waals surface area contributed by atoms with E-state index in [2.05, 4.69) is 4.90 Å². The van der Waals surface area contributed by atoms with Gasteiger partial charge in [-0.3, -0.25) is 4.79 Å². The monoisotopic (exact) mass is 278 g/mol. The van der Waals surface area contributed by atoms with E-state index in [1.807, 2.05) is 0 Å². The molecule has 0 spiro atoms. The van der Waals surface area contributed by atoms with Gasteiger partial charge in [-0.15, -0.1) is 0 Å². The van der Waals surface area contributed by atoms with Gasteiger partial charge in [0.05, 0.1) is 0 Å². The molecule has 2 N–H and O–H groups in total. The fourth-order valence-corrected chi connectivity index (χ4v) is 4.68. The predicted octanol–water partition coefficient (Wildman–Crippen LogP) is 3.08. The summed E-state index contributed by atoms with van der Waals surface area (Å²) in [4.78, 5) is 15.1. The summed E-state index contributed by atoms with van der Waals surface area (Å²) in [6, 6.07) is 0.908. The fraction of sp³-hybridized carbons (Fsp3) is 0.941. The van der Waals surface area contributed by atoms with Crippen molar-refractivity contribution in [3.05, 3.63) is 0 Å². The highest BCUT2D eigenvalue weighted by Crippen LogP contribution is 2.36. The molecular weight excluding hydrogens is 248 g/mol. The van der Waals surface area contributed by atoms with Gasteiger partial charge in [-0.1, -0.05) is 19.3 Å². The Morgan fingerprint density at radius 1 is 0.850 bits per heavy atom. The van der Waals surface area contributed by atoms with Gasteiger partial charge >= 0.3 is 0 Å². The Labute approximate surface area is 123 Å². The molecule has 0 aromatic rings. The minimum absolute atomic E-state index is 0.277. The van der Waals surface area contributed by atoms with Crippen molar-refractivity contribution in [2.45, 2.75) is 82.7 Å². The topological polar surface area (TPSA) is 46.3 Å². The number of likely N-dealkylation sites (tertiary alicyclic amines) is 1. The van der Waals surface area contributed by atoms with E-state index in [1.165, 1.54) is 44.9 Å². The molecular formula is C17H30N2O. The Morgan fingerprint density at radius 2 is 1.55 bits per heavy atom. The van der Waals surface area contributed by atoms with E-state index in [0.717, 1.165) is 38.1 Å². The maximum absolute atomic E-state index is 12.8. The summed E-state index contributed by atoms with van der Waals surface area (Å²) >= 11 is 0. The summed E-state index contributed by atoms with van der Waals surface area (Å²) in [5.74, 6) is 1.53. The van der Waals surface area contributed by atoms with Crippen LogP contribution in [-0.2, 0) is 4.79 Å². The lowest BCUT2D eigenvalue weighted by Crippen LogP contribution is -2.45. The first-order chi connectivity index (χ1) is 9.75. The molecule has 1 saturated heterocycles. The normalized spacial score (nSPS) is 36.2. The lowest BCUT2D eigenvalue weighted by atomic mass is 9.81. The van der Waals surface area contributed by atoms with Gasteiger partial charge in [-0.05, 0) is 57.3 Å². The average molecular weight is 278 g/mol. The highest BCUT2D eigenvalue weighted by molar-refractivity contribution is 5.79. The molecule has 1 heterocycles. The highest BCUT2D eigenvalue weighted by atomic mass is 16.2. The summed E-state index contributed by atoms with van der Waals surface area (Å²) in [6.45, 7) is 1.02. The number of hydrogen-bond donors (Lipinski definition) is 1. The molecule has 0 bridgehead atoms. The lowest BCUT2D eigenvalue weighted by molar-refractivity contribution is -0.138. The highest BCUT2D eigenvalue weighted by Gasteiger charge is 2.38. The largest absolute Gasteiger partial charge is 0.339 e. The van der Waals surface area contributed by atoms with E-state index in [9.17, 15) is 4.79 Å². The average Bonchev–Trinajstić information content (AvgIpc) is 2.97. The lowest BCUT2D eigenvalue weighted by Gasteiger charge is -2.37. The van der Waals surface area contributed by atoms with Crippen LogP contribution in [0.4, 0.5) is 0 Å². The van der Waals surface area contributed by atoms with Crippen LogP contribution in [0.2, 0.25) is 0 Å². The molecule has 3 rings (SSSR count). The van der Waals surface area contributed by atoms with Crippen molar-refractivity contribution in [3.63, 3.8) is 0 Å². The Hall–Kier alpha value is -0.570. The number of hydrogen-bond acceptors (Lipinski definition) is 2. The van der Waals surface area contributed by atoms with Crippen LogP contribution >= 0.6 is 0 Å². The first kappa shape index (κ1) is 14.4. The smallest absolute Gasteiger partial charge is 0.225 e. The predicted molar refractivity (Wildman–Crippen MR) is 81.2 cm³/mol. The van der Waals surface area contributed by atoms with Crippen molar-refractivity contribution in [3.8, 4) is 0 Å². The van der Waals surface area contributed by atoms with Crippen molar-refractivity contribution in [2.75, 3.05) is 6.54 Å². The molecule has 3 fully saturated rings. The Bertz CT molecular complexity index is 330. The van der Waals surface area contributed by atoms with Crippen LogP contribution in [0, 0.1) is 11.8 Å². The Kier molecular flexibility index (Phi) is 4.65. The van der Waals surface area contributed by atoms with E-state index in [-0.39, 0.29) is 5.92 Å². The summed E-state index contributed by atoms with van der Waals surface area (Å²) in [5.41, 5.74) is 5.97. The van der Waals surface area contributed by atoms with Crippen LogP contribution in [-0.4, -0.2) is 29.4 Å². The standard InChI is InChI=1S/C17H30N2O/c18-15-10-8-14(9-11-15)17(20)19-12-4-7-16(19)13-5-2-1-3-6-13/h13-16H,1-12,18H2. The molecule has 20 heavy (non-hydrogen) atoms. The zero-order chi connectivity index (χ0) is 13.9. The fourth-order valence-electron chi connectivity index (χ4n) is 4.68. The van der Waals surface area contributed by atoms with E-state index in [4.69, 9.17) is 5.73 Å². The van der Waals surface area contributed by atoms with Crippen molar-refractivity contribution in [2.24, 2.45) is 17.6 Å². The quantitative estimate of drug-likeness (QED) is 0.843. The van der Waals surface area contributed by atoms with Gasteiger partial charge in [0.15, 0.2) is 0 Å². The summed E-state index contributed by atoms with van der Waals surface area (Å²) in [5, 5.41) is 0. The van der Waals surface area contributed by atoms with Gasteiger partial charge in [0.2, 0.25) is 5.91 Å². The van der Waals surface area contributed by atoms with Gasteiger partial charge < -0.3 is 10.6 Å². The molecule has 0 aromatic carbocycles. The van der Waals surface area contributed by atoms with Crippen LogP contribution in [0.5, 0.6) is 0 Å². The second kappa shape index (κ2) is 6.46. The number of nitrogens with two attached hydrogens (primary N) is 1. The number of amides is 1. The molecule has 3 aliphatic rings. The molecule has 3 nitrogen and oxygen atoms in total. The molecule has 2 saturated carbocycles. The molecule has 1 atom stereocenters. The Morgan fingerprint density at radius 3 is 2.25 bits per heavy atom. The molecule has 1 aliphatic heterocycles. The zero-order valence-corrected chi connectivity index (χ0v) is 12.7. The molecule has 114 valence electrons. The summed E-state index contributed by atoms with van der Waals surface area (Å²) in [6.07, 6.45) is 13.5. The third-order valence-corrected chi connectivity index (χ3v) is 5.90. The minimum atomic E-state index is 0.277. The second-order valence-corrected chi connectivity index (χ2v) is 7.25. The number of carbonyl (C=O) groups excluding carboxylic acids is 1. The number of rotatable bonds is 2. The second-order valence-electron chi connectivity index (χ2n) is 7.25. The maximum atomic E-state index is 12.8. The molecule has 2 aliphatic carbocycles. The zero-order valence-electron chi connectivity index (χ0n) is 12.7. The van der Waals surface area contributed by atoms with Crippen LogP contribution < -0.4 is 5.73 Å². The van der Waals surface area contributed by atoms with Crippen LogP contribution in [0.1, 0.15) is 70.6 Å². The van der Waals surface area contributed by atoms with Crippen LogP contribution in [0.3, 0.4) is 0 Å². The van der Waals surface area contributed by atoms with Crippen molar-refractivity contribution < 1.29 is 4.79 Å². The summed E-state index contributed by atoms with van der Waals surface area (Å²) in [7, 11) is 0. The van der Waals surface area contributed by atoms with E-state index in [1.54, 1.807) is 0 Å². The Balaban J connectivity index is 1.60. The van der Waals surface area contributed by atoms with Gasteiger partial charge in [0.25, 0.3) is 0 Å². The molecule has 3 heteroatoms. The van der Waals surface area contributed by atoms with Crippen LogP contribution in [0.25, 0.3) is 0 Å². The van der Waals surface area contributed by atoms with Crippen molar-refractivity contribution in [1.82, 2.24) is 4.90 Å². The third-order valence-electron chi connectivity index (χ3n) is 5.90. The van der Waals surface area contributed by atoms with E-state index >= 15 is 0 Å². The van der Waals surface area contributed by atoms with Gasteiger partial charge in [-0.2, -0.15) is 0 Å². The SMILES string of the molecule is NC1CCC(C(=O)N2CCCC2C2CCCCC2)CC1. The minimum Gasteiger partial charge on any atom is -0.339 e. The van der Waals surface area contributed by atoms with E-state index < -0.39 is 0 Å². The number of carbonyl (C=O) groups is 1.